The highest BCUT2D eigenvalue weighted by Crippen LogP contribution is 2.10. The summed E-state index contributed by atoms with van der Waals surface area (Å²) in [4.78, 5) is 62.6. The van der Waals surface area contributed by atoms with Crippen molar-refractivity contribution in [3.63, 3.8) is 0 Å². The quantitative estimate of drug-likeness (QED) is 0.175. The summed E-state index contributed by atoms with van der Waals surface area (Å²) in [5.41, 5.74) is 2.08. The second-order valence-corrected chi connectivity index (χ2v) is 9.01. The van der Waals surface area contributed by atoms with Crippen LogP contribution in [-0.4, -0.2) is 59.6 Å². The monoisotopic (exact) mass is 519 g/mol. The Bertz CT molecular complexity index is 927. The second-order valence-electron chi connectivity index (χ2n) is 9.01. The number of allylic oxidation sites excluding steroid dienone is 1. The SMILES string of the molecule is C=CCCC(=O)CC[C@H](NC(=O)OCc1ccccc1)C(=O)N(CC(=O)OCC)NC(=O)OC(C)(C)C. The van der Waals surface area contributed by atoms with Gasteiger partial charge in [-0.1, -0.05) is 36.4 Å². The number of Topliss-reactive ketones (excluding diaryl/α,β-unsaturated/α-hetero) is 1. The van der Waals surface area contributed by atoms with Crippen LogP contribution in [0.25, 0.3) is 0 Å². The van der Waals surface area contributed by atoms with Crippen molar-refractivity contribution in [3.05, 3.63) is 48.6 Å². The summed E-state index contributed by atoms with van der Waals surface area (Å²) >= 11 is 0. The van der Waals surface area contributed by atoms with Gasteiger partial charge in [0.15, 0.2) is 0 Å². The van der Waals surface area contributed by atoms with Crippen molar-refractivity contribution >= 4 is 29.8 Å². The Labute approximate surface area is 217 Å². The minimum atomic E-state index is -1.29. The summed E-state index contributed by atoms with van der Waals surface area (Å²) in [5, 5.41) is 3.13. The summed E-state index contributed by atoms with van der Waals surface area (Å²) in [6, 6.07) is 7.62. The van der Waals surface area contributed by atoms with Gasteiger partial charge in [0.25, 0.3) is 5.91 Å². The molecule has 2 N–H and O–H groups in total. The molecule has 0 fully saturated rings. The Morgan fingerprint density at radius 3 is 2.30 bits per heavy atom. The minimum Gasteiger partial charge on any atom is -0.465 e. The van der Waals surface area contributed by atoms with Crippen LogP contribution in [0.5, 0.6) is 0 Å². The zero-order valence-corrected chi connectivity index (χ0v) is 21.9. The number of nitrogens with one attached hydrogen (secondary N) is 2. The molecule has 11 heteroatoms. The molecule has 0 aliphatic carbocycles. The number of hydrazine groups is 1. The maximum Gasteiger partial charge on any atom is 0.426 e. The van der Waals surface area contributed by atoms with Crippen molar-refractivity contribution in [2.75, 3.05) is 13.2 Å². The molecule has 0 radical (unpaired) electrons. The number of ether oxygens (including phenoxy) is 3. The number of carbonyl (C=O) groups is 5. The van der Waals surface area contributed by atoms with Gasteiger partial charge in [-0.3, -0.25) is 14.4 Å². The number of rotatable bonds is 13. The van der Waals surface area contributed by atoms with Crippen LogP contribution in [0.2, 0.25) is 0 Å². The molecule has 1 rings (SSSR count). The van der Waals surface area contributed by atoms with E-state index in [-0.39, 0.29) is 38.3 Å². The first kappa shape index (κ1) is 31.1. The number of amides is 3. The molecule has 0 spiro atoms. The molecule has 0 aliphatic heterocycles. The molecule has 11 nitrogen and oxygen atoms in total. The third kappa shape index (κ3) is 13.7. The van der Waals surface area contributed by atoms with Gasteiger partial charge in [0.1, 0.15) is 30.6 Å². The maximum atomic E-state index is 13.4. The average Bonchev–Trinajstić information content (AvgIpc) is 2.82. The van der Waals surface area contributed by atoms with E-state index < -0.39 is 42.3 Å². The normalized spacial score (nSPS) is 11.5. The molecular formula is C26H37N3O8. The lowest BCUT2D eigenvalue weighted by Gasteiger charge is -2.28. The minimum absolute atomic E-state index is 0.0388. The van der Waals surface area contributed by atoms with Gasteiger partial charge < -0.3 is 19.5 Å². The van der Waals surface area contributed by atoms with Crippen LogP contribution in [-0.2, 0) is 35.2 Å². The van der Waals surface area contributed by atoms with Gasteiger partial charge in [0, 0.05) is 12.8 Å². The second kappa shape index (κ2) is 16.0. The predicted molar refractivity (Wildman–Crippen MR) is 135 cm³/mol. The molecule has 0 saturated carbocycles. The summed E-state index contributed by atoms with van der Waals surface area (Å²) in [5.74, 6) is -1.79. The van der Waals surface area contributed by atoms with E-state index in [4.69, 9.17) is 14.2 Å². The molecule has 1 atom stereocenters. The third-order valence-corrected chi connectivity index (χ3v) is 4.63. The Kier molecular flexibility index (Phi) is 13.4. The van der Waals surface area contributed by atoms with Crippen molar-refractivity contribution in [3.8, 4) is 0 Å². The molecule has 0 aromatic heterocycles. The van der Waals surface area contributed by atoms with Gasteiger partial charge in [-0.15, -0.1) is 6.58 Å². The third-order valence-electron chi connectivity index (χ3n) is 4.63. The molecular weight excluding hydrogens is 482 g/mol. The molecule has 0 aliphatic rings. The van der Waals surface area contributed by atoms with Gasteiger partial charge in [-0.2, -0.15) is 0 Å². The van der Waals surface area contributed by atoms with E-state index in [0.717, 1.165) is 5.56 Å². The lowest BCUT2D eigenvalue weighted by atomic mass is 10.1. The summed E-state index contributed by atoms with van der Waals surface area (Å²) in [7, 11) is 0. The van der Waals surface area contributed by atoms with E-state index >= 15 is 0 Å². The first-order valence-corrected chi connectivity index (χ1v) is 12.0. The zero-order chi connectivity index (χ0) is 27.8. The summed E-state index contributed by atoms with van der Waals surface area (Å²) < 4.78 is 15.3. The van der Waals surface area contributed by atoms with Crippen LogP contribution >= 0.6 is 0 Å². The average molecular weight is 520 g/mol. The van der Waals surface area contributed by atoms with Gasteiger partial charge in [0.05, 0.1) is 6.61 Å². The van der Waals surface area contributed by atoms with Gasteiger partial charge in [-0.25, -0.2) is 20.0 Å². The number of hydrogen-bond donors (Lipinski definition) is 2. The van der Waals surface area contributed by atoms with Crippen molar-refractivity contribution in [1.29, 1.82) is 0 Å². The molecule has 1 aromatic rings. The number of carbonyl (C=O) groups excluding carboxylic acids is 5. The van der Waals surface area contributed by atoms with Crippen LogP contribution < -0.4 is 10.7 Å². The lowest BCUT2D eigenvalue weighted by Crippen LogP contribution is -2.57. The van der Waals surface area contributed by atoms with Crippen molar-refractivity contribution in [1.82, 2.24) is 15.8 Å². The first-order valence-electron chi connectivity index (χ1n) is 12.0. The molecule has 0 saturated heterocycles. The fourth-order valence-corrected chi connectivity index (χ4v) is 2.97. The van der Waals surface area contributed by atoms with Crippen LogP contribution in [0.3, 0.4) is 0 Å². The number of hydrogen-bond acceptors (Lipinski definition) is 8. The van der Waals surface area contributed by atoms with Gasteiger partial charge in [-0.05, 0) is 46.1 Å². The van der Waals surface area contributed by atoms with Gasteiger partial charge >= 0.3 is 18.2 Å². The van der Waals surface area contributed by atoms with Crippen LogP contribution in [0, 0.1) is 0 Å². The van der Waals surface area contributed by atoms with E-state index in [2.05, 4.69) is 17.3 Å². The first-order chi connectivity index (χ1) is 17.4. The lowest BCUT2D eigenvalue weighted by molar-refractivity contribution is -0.151. The molecule has 204 valence electrons. The fraction of sp³-hybridized carbons (Fsp3) is 0.500. The highest BCUT2D eigenvalue weighted by molar-refractivity contribution is 5.90. The van der Waals surface area contributed by atoms with Crippen molar-refractivity contribution < 1.29 is 38.2 Å². The van der Waals surface area contributed by atoms with E-state index in [1.54, 1.807) is 58.0 Å². The molecule has 0 bridgehead atoms. The number of nitrogens with zero attached hydrogens (tertiary/aromatic N) is 1. The molecule has 0 heterocycles. The number of ketones is 1. The smallest absolute Gasteiger partial charge is 0.426 e. The van der Waals surface area contributed by atoms with E-state index in [0.29, 0.717) is 11.4 Å². The highest BCUT2D eigenvalue weighted by atomic mass is 16.6. The maximum absolute atomic E-state index is 13.4. The van der Waals surface area contributed by atoms with Crippen LogP contribution in [0.4, 0.5) is 9.59 Å². The summed E-state index contributed by atoms with van der Waals surface area (Å²) in [6.07, 6.45) is 0.274. The number of esters is 1. The largest absolute Gasteiger partial charge is 0.465 e. The molecule has 1 aromatic carbocycles. The highest BCUT2D eigenvalue weighted by Gasteiger charge is 2.31. The molecule has 3 amide bonds. The summed E-state index contributed by atoms with van der Waals surface area (Å²) in [6.45, 7) is 9.42. The Hall–Kier alpha value is -3.89. The van der Waals surface area contributed by atoms with Crippen molar-refractivity contribution in [2.24, 2.45) is 0 Å². The topological polar surface area (TPSA) is 140 Å². The number of alkyl carbamates (subject to hydrolysis) is 1. The van der Waals surface area contributed by atoms with E-state index in [1.165, 1.54) is 0 Å². The fourth-order valence-electron chi connectivity index (χ4n) is 2.97. The Morgan fingerprint density at radius 2 is 1.70 bits per heavy atom. The van der Waals surface area contributed by atoms with Crippen LogP contribution in [0.15, 0.2) is 43.0 Å². The Balaban J connectivity index is 3.04. The number of benzene rings is 1. The van der Waals surface area contributed by atoms with Gasteiger partial charge in [0.2, 0.25) is 0 Å². The standard InChI is InChI=1S/C26H37N3O8/c1-6-8-14-20(30)15-16-21(27-24(33)36-18-19-12-10-9-11-13-19)23(32)29(17-22(31)35-7-2)28-25(34)37-26(3,4)5/h6,9-13,21H,1,7-8,14-18H2,2-5H3,(H,27,33)(H,28,34)/t21-/m0/s1. The van der Waals surface area contributed by atoms with Crippen LogP contribution in [0.1, 0.15) is 58.9 Å². The molecule has 0 unspecified atom stereocenters. The van der Waals surface area contributed by atoms with E-state index in [1.807, 2.05) is 6.07 Å². The van der Waals surface area contributed by atoms with E-state index in [9.17, 15) is 24.0 Å². The zero-order valence-electron chi connectivity index (χ0n) is 21.9. The molecule has 37 heavy (non-hydrogen) atoms. The Morgan fingerprint density at radius 1 is 1.03 bits per heavy atom. The van der Waals surface area contributed by atoms with Crippen molar-refractivity contribution in [2.45, 2.75) is 71.6 Å². The predicted octanol–water partition coefficient (Wildman–Crippen LogP) is 3.43.